The van der Waals surface area contributed by atoms with E-state index in [1.165, 1.54) is 18.6 Å². The minimum absolute atomic E-state index is 0.218. The smallest absolute Gasteiger partial charge is 0.273 e. The molecule has 1 aromatic heterocycles. The van der Waals surface area contributed by atoms with Crippen LogP contribution in [0, 0.1) is 5.82 Å². The first-order chi connectivity index (χ1) is 11.6. The lowest BCUT2D eigenvalue weighted by Crippen LogP contribution is -2.36. The zero-order chi connectivity index (χ0) is 16.9. The Kier molecular flexibility index (Phi) is 4.93. The number of hydrogen-bond donors (Lipinski definition) is 1. The first kappa shape index (κ1) is 16.2. The van der Waals surface area contributed by atoms with Crippen LogP contribution in [0.15, 0.2) is 47.1 Å². The van der Waals surface area contributed by atoms with E-state index in [-0.39, 0.29) is 17.4 Å². The minimum atomic E-state index is -0.323. The van der Waals surface area contributed by atoms with Crippen molar-refractivity contribution in [2.75, 3.05) is 19.6 Å². The van der Waals surface area contributed by atoms with E-state index in [2.05, 4.69) is 22.0 Å². The van der Waals surface area contributed by atoms with Crippen LogP contribution in [0.2, 0.25) is 0 Å². The van der Waals surface area contributed by atoms with Gasteiger partial charge in [-0.2, -0.15) is 0 Å². The molecule has 1 saturated heterocycles. The van der Waals surface area contributed by atoms with Crippen molar-refractivity contribution in [1.29, 1.82) is 0 Å². The van der Waals surface area contributed by atoms with Gasteiger partial charge in [-0.1, -0.05) is 11.7 Å². The Hall–Kier alpha value is -2.63. The average Bonchev–Trinajstić information content (AvgIpc) is 3.00. The lowest BCUT2D eigenvalue weighted by molar-refractivity contribution is 0.0944. The van der Waals surface area contributed by atoms with E-state index in [9.17, 15) is 9.18 Å². The third kappa shape index (κ3) is 3.82. The van der Waals surface area contributed by atoms with Gasteiger partial charge in [0.1, 0.15) is 5.82 Å². The fraction of sp³-hybridized carbons (Fsp3) is 0.333. The van der Waals surface area contributed by atoms with Crippen LogP contribution in [-0.2, 0) is 0 Å². The van der Waals surface area contributed by atoms with Crippen LogP contribution in [-0.4, -0.2) is 35.6 Å². The molecule has 1 N–H and O–H groups in total. The largest absolute Gasteiger partial charge is 0.375 e. The Morgan fingerprint density at radius 1 is 1.33 bits per heavy atom. The fourth-order valence-corrected chi connectivity index (χ4v) is 2.51. The molecule has 24 heavy (non-hydrogen) atoms. The number of carbonyl (C=O) groups is 1. The lowest BCUT2D eigenvalue weighted by Gasteiger charge is -2.34. The molecule has 0 saturated carbocycles. The molecular formula is C18H20FN3O2. The topological polar surface area (TPSA) is 58.4 Å². The predicted octanol–water partition coefficient (Wildman–Crippen LogP) is 3.21. The Bertz CT molecular complexity index is 720. The molecule has 0 aliphatic carbocycles. The first-order valence-corrected chi connectivity index (χ1v) is 8.07. The number of carbonyl (C=O) groups excluding carboxylic acids is 1. The molecule has 1 aromatic carbocycles. The zero-order valence-electron chi connectivity index (χ0n) is 13.4. The Balaban J connectivity index is 1.47. The number of halogens is 1. The highest BCUT2D eigenvalue weighted by Crippen LogP contribution is 2.20. The third-order valence-corrected chi connectivity index (χ3v) is 4.10. The molecule has 5 nitrogen and oxygen atoms in total. The molecule has 3 rings (SSSR count). The third-order valence-electron chi connectivity index (χ3n) is 4.10. The van der Waals surface area contributed by atoms with Gasteiger partial charge in [0.05, 0.1) is 0 Å². The lowest BCUT2D eigenvalue weighted by atomic mass is 10.1. The van der Waals surface area contributed by atoms with Crippen LogP contribution in [0.3, 0.4) is 0 Å². The van der Waals surface area contributed by atoms with Gasteiger partial charge in [0.25, 0.3) is 5.91 Å². The fourth-order valence-electron chi connectivity index (χ4n) is 2.51. The van der Waals surface area contributed by atoms with Crippen molar-refractivity contribution >= 4 is 5.91 Å². The summed E-state index contributed by atoms with van der Waals surface area (Å²) in [6.45, 7) is 6.80. The van der Waals surface area contributed by atoms with Gasteiger partial charge in [0.15, 0.2) is 11.5 Å². The van der Waals surface area contributed by atoms with E-state index in [0.29, 0.717) is 17.9 Å². The molecule has 1 amide bonds. The molecule has 1 aliphatic heterocycles. The molecular weight excluding hydrogens is 309 g/mol. The molecule has 2 heterocycles. The van der Waals surface area contributed by atoms with Crippen LogP contribution < -0.4 is 5.32 Å². The second kappa shape index (κ2) is 7.29. The van der Waals surface area contributed by atoms with E-state index < -0.39 is 0 Å². The summed E-state index contributed by atoms with van der Waals surface area (Å²) in [5.74, 6) is -0.163. The van der Waals surface area contributed by atoms with Gasteiger partial charge in [-0.25, -0.2) is 4.39 Å². The van der Waals surface area contributed by atoms with E-state index in [4.69, 9.17) is 4.52 Å². The highest BCUT2D eigenvalue weighted by molar-refractivity contribution is 5.93. The molecule has 1 fully saturated rings. The Morgan fingerprint density at radius 3 is 2.75 bits per heavy atom. The number of nitrogens with zero attached hydrogens (tertiary/aromatic N) is 2. The van der Waals surface area contributed by atoms with Gasteiger partial charge in [-0.05, 0) is 43.5 Å². The zero-order valence-corrected chi connectivity index (χ0v) is 13.4. The molecule has 1 aliphatic rings. The maximum absolute atomic E-state index is 12.9. The van der Waals surface area contributed by atoms with Crippen LogP contribution >= 0.6 is 0 Å². The molecule has 126 valence electrons. The van der Waals surface area contributed by atoms with Crippen LogP contribution in [0.1, 0.15) is 29.8 Å². The van der Waals surface area contributed by atoms with Crippen LogP contribution in [0.5, 0.6) is 0 Å². The van der Waals surface area contributed by atoms with Crippen molar-refractivity contribution < 1.29 is 13.7 Å². The minimum Gasteiger partial charge on any atom is -0.375 e. The molecule has 0 unspecified atom stereocenters. The highest BCUT2D eigenvalue weighted by atomic mass is 19.1. The van der Waals surface area contributed by atoms with E-state index >= 15 is 0 Å². The molecule has 0 radical (unpaired) electrons. The molecule has 0 bridgehead atoms. The van der Waals surface area contributed by atoms with Crippen molar-refractivity contribution in [2.24, 2.45) is 0 Å². The van der Waals surface area contributed by atoms with E-state index in [0.717, 1.165) is 31.6 Å². The van der Waals surface area contributed by atoms with Crippen molar-refractivity contribution in [3.8, 4) is 11.3 Å². The summed E-state index contributed by atoms with van der Waals surface area (Å²) in [5.41, 5.74) is 2.03. The van der Waals surface area contributed by atoms with Crippen molar-refractivity contribution in [1.82, 2.24) is 15.4 Å². The number of likely N-dealkylation sites (tertiary alicyclic amines) is 1. The van der Waals surface area contributed by atoms with E-state index in [1.807, 2.05) is 0 Å². The number of rotatable bonds is 7. The first-order valence-electron chi connectivity index (χ1n) is 8.07. The maximum atomic E-state index is 12.9. The normalized spacial score (nSPS) is 13.5. The summed E-state index contributed by atoms with van der Waals surface area (Å²) in [4.78, 5) is 14.3. The Labute approximate surface area is 140 Å². The summed E-state index contributed by atoms with van der Waals surface area (Å²) >= 11 is 0. The monoisotopic (exact) mass is 329 g/mol. The second-order valence-corrected chi connectivity index (χ2v) is 5.85. The van der Waals surface area contributed by atoms with Crippen molar-refractivity contribution in [3.63, 3.8) is 0 Å². The van der Waals surface area contributed by atoms with Gasteiger partial charge in [-0.15, -0.1) is 0 Å². The van der Waals surface area contributed by atoms with Gasteiger partial charge in [0, 0.05) is 37.0 Å². The molecule has 0 spiro atoms. The Morgan fingerprint density at radius 2 is 2.08 bits per heavy atom. The van der Waals surface area contributed by atoms with Gasteiger partial charge in [0.2, 0.25) is 0 Å². The van der Waals surface area contributed by atoms with Gasteiger partial charge < -0.3 is 14.7 Å². The number of allylic oxidation sites excluding steroid dienone is 1. The number of aromatic nitrogens is 1. The number of amides is 1. The molecule has 2 aromatic rings. The summed E-state index contributed by atoms with van der Waals surface area (Å²) in [6.07, 6.45) is 2.95. The number of hydrogen-bond acceptors (Lipinski definition) is 4. The van der Waals surface area contributed by atoms with Crippen molar-refractivity contribution in [3.05, 3.63) is 54.1 Å². The molecule has 0 atom stereocenters. The standard InChI is InChI=1S/C18H20FN3O2/c1-13(22-10-3-11-22)4-2-9-20-18(23)16-12-17(24-21-16)14-5-7-15(19)8-6-14/h5-8,12H,1-4,9-11H2,(H,20,23). The van der Waals surface area contributed by atoms with E-state index in [1.54, 1.807) is 18.2 Å². The van der Waals surface area contributed by atoms with Gasteiger partial charge in [-0.3, -0.25) is 4.79 Å². The van der Waals surface area contributed by atoms with Crippen LogP contribution in [0.4, 0.5) is 4.39 Å². The second-order valence-electron chi connectivity index (χ2n) is 5.85. The summed E-state index contributed by atoms with van der Waals surface area (Å²) in [6, 6.07) is 7.39. The average molecular weight is 329 g/mol. The van der Waals surface area contributed by atoms with Crippen LogP contribution in [0.25, 0.3) is 11.3 Å². The maximum Gasteiger partial charge on any atom is 0.273 e. The number of benzene rings is 1. The van der Waals surface area contributed by atoms with Crippen molar-refractivity contribution in [2.45, 2.75) is 19.3 Å². The van der Waals surface area contributed by atoms with Gasteiger partial charge >= 0.3 is 0 Å². The quantitative estimate of drug-likeness (QED) is 0.793. The summed E-state index contributed by atoms with van der Waals surface area (Å²) in [5, 5.41) is 6.59. The predicted molar refractivity (Wildman–Crippen MR) is 88.8 cm³/mol. The number of nitrogens with one attached hydrogen (secondary N) is 1. The summed E-state index contributed by atoms with van der Waals surface area (Å²) < 4.78 is 18.1. The highest BCUT2D eigenvalue weighted by Gasteiger charge is 2.16. The summed E-state index contributed by atoms with van der Waals surface area (Å²) in [7, 11) is 0. The molecule has 6 heteroatoms. The SMILES string of the molecule is C=C(CCCNC(=O)c1cc(-c2ccc(F)cc2)on1)N1CCC1.